The molecule has 0 aliphatic heterocycles. The zero-order valence-electron chi connectivity index (χ0n) is 9.44. The molecule has 0 aromatic carbocycles. The summed E-state index contributed by atoms with van der Waals surface area (Å²) in [4.78, 5) is 0. The third-order valence-electron chi connectivity index (χ3n) is 5.01. The largest absolute Gasteiger partial charge is 0.330 e. The van der Waals surface area contributed by atoms with Crippen molar-refractivity contribution in [3.63, 3.8) is 0 Å². The number of hydrogen-bond acceptors (Lipinski definition) is 1. The molecule has 3 aliphatic carbocycles. The summed E-state index contributed by atoms with van der Waals surface area (Å²) in [6.45, 7) is 7.43. The van der Waals surface area contributed by atoms with Crippen LogP contribution in [0.5, 0.6) is 0 Å². The molecule has 80 valence electrons. The summed E-state index contributed by atoms with van der Waals surface area (Å²) in [5.74, 6) is 0. The number of nitrogens with two attached hydrogens (primary N) is 1. The van der Waals surface area contributed by atoms with Crippen molar-refractivity contribution < 1.29 is 0 Å². The van der Waals surface area contributed by atoms with Crippen LogP contribution >= 0.6 is 0 Å². The first kappa shape index (κ1) is 10.2. The molecule has 3 rings (SSSR count). The van der Waals surface area contributed by atoms with Gasteiger partial charge in [0.2, 0.25) is 0 Å². The first-order chi connectivity index (χ1) is 6.66. The van der Waals surface area contributed by atoms with E-state index in [0.717, 1.165) is 13.0 Å². The van der Waals surface area contributed by atoms with E-state index in [2.05, 4.69) is 13.5 Å². The normalized spacial score (nSPS) is 41.3. The summed E-state index contributed by atoms with van der Waals surface area (Å²) in [6.07, 6.45) is 9.29. The minimum Gasteiger partial charge on any atom is -0.330 e. The van der Waals surface area contributed by atoms with Crippen LogP contribution in [0.25, 0.3) is 0 Å². The molecule has 0 aromatic rings. The smallest absolute Gasteiger partial charge is 0.00205 e. The lowest BCUT2D eigenvalue weighted by molar-refractivity contribution is 0.0197. The molecule has 0 radical (unpaired) electrons. The molecule has 1 nitrogen and oxygen atoms in total. The van der Waals surface area contributed by atoms with Crippen molar-refractivity contribution in [2.45, 2.75) is 51.9 Å². The summed E-state index contributed by atoms with van der Waals surface area (Å²) in [5, 5.41) is 0. The van der Waals surface area contributed by atoms with Gasteiger partial charge < -0.3 is 5.73 Å². The number of rotatable bonds is 3. The maximum atomic E-state index is 5.90. The van der Waals surface area contributed by atoms with E-state index in [1.54, 1.807) is 0 Å². The number of hydrogen-bond donors (Lipinski definition) is 1. The van der Waals surface area contributed by atoms with Gasteiger partial charge in [0.05, 0.1) is 0 Å². The molecule has 1 heteroatoms. The van der Waals surface area contributed by atoms with Crippen molar-refractivity contribution in [2.75, 3.05) is 6.54 Å². The predicted octanol–water partition coefficient (Wildman–Crippen LogP) is 3.25. The van der Waals surface area contributed by atoms with E-state index in [0.29, 0.717) is 10.8 Å². The molecule has 0 saturated heterocycles. The molecule has 3 aliphatic rings. The highest BCUT2D eigenvalue weighted by molar-refractivity contribution is 5.16. The summed E-state index contributed by atoms with van der Waals surface area (Å²) in [7, 11) is 0. The summed E-state index contributed by atoms with van der Waals surface area (Å²) < 4.78 is 0. The highest BCUT2D eigenvalue weighted by Gasteiger charge is 2.48. The van der Waals surface area contributed by atoms with Crippen LogP contribution in [0, 0.1) is 10.8 Å². The Morgan fingerprint density at radius 3 is 2.00 bits per heavy atom. The molecule has 0 heterocycles. The van der Waals surface area contributed by atoms with E-state index in [-0.39, 0.29) is 0 Å². The van der Waals surface area contributed by atoms with Gasteiger partial charge in [-0.15, -0.1) is 0 Å². The topological polar surface area (TPSA) is 26.0 Å². The van der Waals surface area contributed by atoms with Crippen LogP contribution in [0.4, 0.5) is 0 Å². The Morgan fingerprint density at radius 1 is 1.14 bits per heavy atom. The molecule has 14 heavy (non-hydrogen) atoms. The van der Waals surface area contributed by atoms with Gasteiger partial charge in [0.1, 0.15) is 0 Å². The van der Waals surface area contributed by atoms with Gasteiger partial charge in [-0.25, -0.2) is 0 Å². The molecule has 2 N–H and O–H groups in total. The van der Waals surface area contributed by atoms with Crippen molar-refractivity contribution >= 4 is 0 Å². The van der Waals surface area contributed by atoms with Crippen LogP contribution in [0.3, 0.4) is 0 Å². The Hall–Kier alpha value is -0.300. The molecule has 0 amide bonds. The fourth-order valence-electron chi connectivity index (χ4n) is 3.47. The van der Waals surface area contributed by atoms with E-state index < -0.39 is 0 Å². The van der Waals surface area contributed by atoms with Gasteiger partial charge in [-0.3, -0.25) is 0 Å². The van der Waals surface area contributed by atoms with Crippen molar-refractivity contribution in [1.29, 1.82) is 0 Å². The zero-order chi connectivity index (χ0) is 10.2. The minimum absolute atomic E-state index is 0.520. The maximum absolute atomic E-state index is 5.90. The summed E-state index contributed by atoms with van der Waals surface area (Å²) in [6, 6.07) is 0. The lowest BCUT2D eigenvalue weighted by Crippen LogP contribution is -2.45. The lowest BCUT2D eigenvalue weighted by Gasteiger charge is -2.54. The van der Waals surface area contributed by atoms with E-state index in [9.17, 15) is 0 Å². The van der Waals surface area contributed by atoms with Crippen LogP contribution in [0.2, 0.25) is 0 Å². The summed E-state index contributed by atoms with van der Waals surface area (Å²) >= 11 is 0. The fraction of sp³-hybridized carbons (Fsp3) is 0.846. The Kier molecular flexibility index (Phi) is 2.46. The van der Waals surface area contributed by atoms with Gasteiger partial charge in [-0.1, -0.05) is 19.1 Å². The molecule has 3 fully saturated rings. The second-order valence-electron chi connectivity index (χ2n) is 5.44. The number of allylic oxidation sites excluding steroid dienone is 1. The molecular formula is C13H23N. The molecular weight excluding hydrogens is 170 g/mol. The highest BCUT2D eigenvalue weighted by atomic mass is 14.6. The Labute approximate surface area is 87.8 Å². The minimum atomic E-state index is 0.520. The second-order valence-corrected chi connectivity index (χ2v) is 5.44. The van der Waals surface area contributed by atoms with Gasteiger partial charge in [-0.05, 0) is 62.3 Å². The summed E-state index contributed by atoms with van der Waals surface area (Å²) in [5.41, 5.74) is 8.45. The SMILES string of the molecule is C=C(CC)C12CCC(CN)(CC1)CC2. The molecule has 0 spiro atoms. The Morgan fingerprint density at radius 2 is 1.64 bits per heavy atom. The van der Waals surface area contributed by atoms with Gasteiger partial charge in [0.25, 0.3) is 0 Å². The first-order valence-corrected chi connectivity index (χ1v) is 6.05. The third-order valence-corrected chi connectivity index (χ3v) is 5.01. The van der Waals surface area contributed by atoms with Gasteiger partial charge in [-0.2, -0.15) is 0 Å². The quantitative estimate of drug-likeness (QED) is 0.684. The standard InChI is InChI=1S/C13H23N/c1-3-11(2)13-7-4-12(10-14,5-8-13)6-9-13/h2-10,14H2,1H3. The Balaban J connectivity index is 2.12. The van der Waals surface area contributed by atoms with Crippen LogP contribution < -0.4 is 5.73 Å². The van der Waals surface area contributed by atoms with Gasteiger partial charge >= 0.3 is 0 Å². The number of fused-ring (bicyclic) bond motifs is 3. The van der Waals surface area contributed by atoms with Crippen molar-refractivity contribution in [1.82, 2.24) is 0 Å². The molecule has 2 bridgehead atoms. The Bertz CT molecular complexity index is 217. The monoisotopic (exact) mass is 193 g/mol. The van der Waals surface area contributed by atoms with Gasteiger partial charge in [0.15, 0.2) is 0 Å². The highest BCUT2D eigenvalue weighted by Crippen LogP contribution is 2.59. The van der Waals surface area contributed by atoms with Crippen LogP contribution in [-0.4, -0.2) is 6.54 Å². The fourth-order valence-corrected chi connectivity index (χ4v) is 3.47. The average molecular weight is 193 g/mol. The van der Waals surface area contributed by atoms with Crippen molar-refractivity contribution in [2.24, 2.45) is 16.6 Å². The van der Waals surface area contributed by atoms with E-state index >= 15 is 0 Å². The van der Waals surface area contributed by atoms with Crippen LogP contribution in [-0.2, 0) is 0 Å². The van der Waals surface area contributed by atoms with Gasteiger partial charge in [0, 0.05) is 0 Å². The molecule has 0 aromatic heterocycles. The van der Waals surface area contributed by atoms with E-state index in [1.165, 1.54) is 44.1 Å². The third kappa shape index (κ3) is 1.33. The lowest BCUT2D eigenvalue weighted by atomic mass is 9.51. The van der Waals surface area contributed by atoms with Crippen LogP contribution in [0.1, 0.15) is 51.9 Å². The van der Waals surface area contributed by atoms with Crippen molar-refractivity contribution in [3.8, 4) is 0 Å². The zero-order valence-corrected chi connectivity index (χ0v) is 9.44. The van der Waals surface area contributed by atoms with E-state index in [4.69, 9.17) is 5.73 Å². The predicted molar refractivity (Wildman–Crippen MR) is 61.1 cm³/mol. The molecule has 0 atom stereocenters. The van der Waals surface area contributed by atoms with E-state index in [1.807, 2.05) is 0 Å². The first-order valence-electron chi connectivity index (χ1n) is 6.05. The maximum Gasteiger partial charge on any atom is -0.00205 e. The average Bonchev–Trinajstić information content (AvgIpc) is 2.30. The molecule has 3 saturated carbocycles. The van der Waals surface area contributed by atoms with Crippen molar-refractivity contribution in [3.05, 3.63) is 12.2 Å². The second kappa shape index (κ2) is 3.37. The molecule has 0 unspecified atom stereocenters. The van der Waals surface area contributed by atoms with Crippen LogP contribution in [0.15, 0.2) is 12.2 Å².